The highest BCUT2D eigenvalue weighted by Crippen LogP contribution is 2.27. The Bertz CT molecular complexity index is 683. The molecule has 0 saturated carbocycles. The Balaban J connectivity index is 1.74. The number of hydrogen-bond acceptors (Lipinski definition) is 2. The van der Waals surface area contributed by atoms with Gasteiger partial charge in [0.1, 0.15) is 0 Å². The molecule has 1 heterocycles. The summed E-state index contributed by atoms with van der Waals surface area (Å²) in [4.78, 5) is 1.34. The molecule has 21 heavy (non-hydrogen) atoms. The fourth-order valence-corrected chi connectivity index (χ4v) is 3.36. The lowest BCUT2D eigenvalue weighted by molar-refractivity contribution is 0.821. The van der Waals surface area contributed by atoms with Gasteiger partial charge in [0.25, 0.3) is 0 Å². The molecule has 1 N–H and O–H groups in total. The zero-order chi connectivity index (χ0) is 14.5. The van der Waals surface area contributed by atoms with Gasteiger partial charge < -0.3 is 5.32 Å². The van der Waals surface area contributed by atoms with Gasteiger partial charge in [0.2, 0.25) is 0 Å². The van der Waals surface area contributed by atoms with E-state index in [1.54, 1.807) is 0 Å². The predicted molar refractivity (Wildman–Crippen MR) is 91.8 cm³/mol. The lowest BCUT2D eigenvalue weighted by Gasteiger charge is -2.03. The number of benzene rings is 2. The van der Waals surface area contributed by atoms with Crippen molar-refractivity contribution in [1.29, 1.82) is 0 Å². The summed E-state index contributed by atoms with van der Waals surface area (Å²) in [6, 6.07) is 21.8. The van der Waals surface area contributed by atoms with Crippen LogP contribution >= 0.6 is 11.3 Å². The first-order valence-electron chi connectivity index (χ1n) is 7.20. The van der Waals surface area contributed by atoms with E-state index in [9.17, 15) is 0 Å². The van der Waals surface area contributed by atoms with Crippen LogP contribution in [0.1, 0.15) is 16.7 Å². The Morgan fingerprint density at radius 2 is 1.57 bits per heavy atom. The Labute approximate surface area is 130 Å². The van der Waals surface area contributed by atoms with Gasteiger partial charge in [0.05, 0.1) is 0 Å². The Hall–Kier alpha value is -1.90. The summed E-state index contributed by atoms with van der Waals surface area (Å²) in [5.41, 5.74) is 5.37. The van der Waals surface area contributed by atoms with Crippen molar-refractivity contribution in [3.63, 3.8) is 0 Å². The second-order valence-corrected chi connectivity index (χ2v) is 6.12. The molecule has 0 aliphatic rings. The van der Waals surface area contributed by atoms with Gasteiger partial charge in [-0.15, -0.1) is 11.3 Å². The molecule has 3 rings (SSSR count). The van der Waals surface area contributed by atoms with Crippen molar-refractivity contribution in [2.45, 2.75) is 13.0 Å². The van der Waals surface area contributed by atoms with Crippen LogP contribution in [0.3, 0.4) is 0 Å². The number of hydrogen-bond donors (Lipinski definition) is 1. The number of rotatable bonds is 5. The van der Waals surface area contributed by atoms with Gasteiger partial charge in [0.15, 0.2) is 0 Å². The molecule has 0 atom stereocenters. The van der Waals surface area contributed by atoms with Crippen LogP contribution in [0.2, 0.25) is 0 Å². The molecule has 0 spiro atoms. The molecule has 0 fully saturated rings. The second-order valence-electron chi connectivity index (χ2n) is 5.21. The van der Waals surface area contributed by atoms with Crippen molar-refractivity contribution >= 4 is 11.3 Å². The third kappa shape index (κ3) is 3.60. The average Bonchev–Trinajstić information content (AvgIpc) is 2.98. The van der Waals surface area contributed by atoms with Gasteiger partial charge in [-0.2, -0.15) is 0 Å². The molecule has 0 aliphatic heterocycles. The summed E-state index contributed by atoms with van der Waals surface area (Å²) >= 11 is 1.81. The van der Waals surface area contributed by atoms with Crippen molar-refractivity contribution < 1.29 is 0 Å². The van der Waals surface area contributed by atoms with Crippen molar-refractivity contribution in [1.82, 2.24) is 5.32 Å². The van der Waals surface area contributed by atoms with Gasteiger partial charge >= 0.3 is 0 Å². The van der Waals surface area contributed by atoms with Gasteiger partial charge in [-0.25, -0.2) is 0 Å². The minimum atomic E-state index is 0.933. The summed E-state index contributed by atoms with van der Waals surface area (Å²) in [5.74, 6) is 0. The van der Waals surface area contributed by atoms with E-state index in [0.717, 1.165) is 13.0 Å². The molecule has 3 aromatic rings. The van der Waals surface area contributed by atoms with E-state index in [-0.39, 0.29) is 0 Å². The fraction of sp³-hybridized carbons (Fsp3) is 0.158. The monoisotopic (exact) mass is 293 g/mol. The van der Waals surface area contributed by atoms with Crippen LogP contribution in [0.5, 0.6) is 0 Å². The lowest BCUT2D eigenvalue weighted by atomic mass is 10.0. The van der Waals surface area contributed by atoms with Crippen molar-refractivity contribution in [3.05, 3.63) is 82.7 Å². The van der Waals surface area contributed by atoms with Crippen molar-refractivity contribution in [2.24, 2.45) is 0 Å². The van der Waals surface area contributed by atoms with Crippen LogP contribution in [0.15, 0.2) is 66.0 Å². The summed E-state index contributed by atoms with van der Waals surface area (Å²) in [6.07, 6.45) is 0.997. The maximum atomic E-state index is 3.19. The normalized spacial score (nSPS) is 10.7. The SMILES string of the molecule is CNCc1csc(-c2ccc(Cc3ccccc3)cc2)c1. The van der Waals surface area contributed by atoms with Crippen LogP contribution in [0.4, 0.5) is 0 Å². The zero-order valence-corrected chi connectivity index (χ0v) is 13.0. The molecule has 106 valence electrons. The second kappa shape index (κ2) is 6.70. The molecule has 0 radical (unpaired) electrons. The maximum Gasteiger partial charge on any atom is 0.0346 e. The molecule has 2 heteroatoms. The minimum absolute atomic E-state index is 0.933. The molecular weight excluding hydrogens is 274 g/mol. The van der Waals surface area contributed by atoms with E-state index in [1.165, 1.54) is 27.1 Å². The van der Waals surface area contributed by atoms with E-state index in [2.05, 4.69) is 71.4 Å². The van der Waals surface area contributed by atoms with E-state index in [4.69, 9.17) is 0 Å². The summed E-state index contributed by atoms with van der Waals surface area (Å²) < 4.78 is 0. The molecular formula is C19H19NS. The highest BCUT2D eigenvalue weighted by Gasteiger charge is 2.03. The Morgan fingerprint density at radius 1 is 0.857 bits per heavy atom. The minimum Gasteiger partial charge on any atom is -0.316 e. The topological polar surface area (TPSA) is 12.0 Å². The maximum absolute atomic E-state index is 3.19. The average molecular weight is 293 g/mol. The van der Waals surface area contributed by atoms with Crippen molar-refractivity contribution in [3.8, 4) is 10.4 Å². The van der Waals surface area contributed by atoms with Crippen LogP contribution in [0.25, 0.3) is 10.4 Å². The Kier molecular flexibility index (Phi) is 4.49. The summed E-state index contributed by atoms with van der Waals surface area (Å²) in [6.45, 7) is 0.933. The first-order chi connectivity index (χ1) is 10.3. The molecule has 0 saturated heterocycles. The predicted octanol–water partition coefficient (Wildman–Crippen LogP) is 4.73. The molecule has 0 unspecified atom stereocenters. The van der Waals surface area contributed by atoms with E-state index >= 15 is 0 Å². The van der Waals surface area contributed by atoms with Crippen LogP contribution in [0, 0.1) is 0 Å². The van der Waals surface area contributed by atoms with Gasteiger partial charge in [-0.3, -0.25) is 0 Å². The van der Waals surface area contributed by atoms with Crippen LogP contribution in [-0.4, -0.2) is 7.05 Å². The van der Waals surface area contributed by atoms with Crippen LogP contribution in [-0.2, 0) is 13.0 Å². The molecule has 0 aliphatic carbocycles. The highest BCUT2D eigenvalue weighted by molar-refractivity contribution is 7.13. The third-order valence-corrected chi connectivity index (χ3v) is 4.55. The smallest absolute Gasteiger partial charge is 0.0346 e. The van der Waals surface area contributed by atoms with Crippen LogP contribution < -0.4 is 5.32 Å². The third-order valence-electron chi connectivity index (χ3n) is 3.52. The molecule has 0 bridgehead atoms. The molecule has 2 aromatic carbocycles. The van der Waals surface area contributed by atoms with Crippen molar-refractivity contribution in [2.75, 3.05) is 7.05 Å². The fourth-order valence-electron chi connectivity index (χ4n) is 2.44. The summed E-state index contributed by atoms with van der Waals surface area (Å²) in [5, 5.41) is 5.42. The van der Waals surface area contributed by atoms with E-state index in [1.807, 2.05) is 18.4 Å². The lowest BCUT2D eigenvalue weighted by Crippen LogP contribution is -2.03. The molecule has 0 amide bonds. The summed E-state index contributed by atoms with van der Waals surface area (Å²) in [7, 11) is 1.98. The highest BCUT2D eigenvalue weighted by atomic mass is 32.1. The molecule has 1 aromatic heterocycles. The molecule has 1 nitrogen and oxygen atoms in total. The van der Waals surface area contributed by atoms with E-state index < -0.39 is 0 Å². The van der Waals surface area contributed by atoms with Gasteiger partial charge in [-0.1, -0.05) is 54.6 Å². The Morgan fingerprint density at radius 3 is 2.29 bits per heavy atom. The quantitative estimate of drug-likeness (QED) is 0.717. The standard InChI is InChI=1S/C19H19NS/c1-20-13-17-12-19(21-14-17)18-9-7-16(8-10-18)11-15-5-3-2-4-6-15/h2-10,12,14,20H,11,13H2,1H3. The first kappa shape index (κ1) is 14.1. The first-order valence-corrected chi connectivity index (χ1v) is 8.08. The number of nitrogens with one attached hydrogen (secondary N) is 1. The number of thiophene rings is 1. The van der Waals surface area contributed by atoms with E-state index in [0.29, 0.717) is 0 Å². The van der Waals surface area contributed by atoms with Gasteiger partial charge in [-0.05, 0) is 47.2 Å². The largest absolute Gasteiger partial charge is 0.316 e. The zero-order valence-electron chi connectivity index (χ0n) is 12.2. The van der Waals surface area contributed by atoms with Gasteiger partial charge in [0, 0.05) is 11.4 Å².